The average molecular weight is 169 g/mol. The lowest BCUT2D eigenvalue weighted by Gasteiger charge is -2.15. The maximum absolute atomic E-state index is 8.27. The van der Waals surface area contributed by atoms with Gasteiger partial charge in [-0.2, -0.15) is 5.26 Å². The Hall–Kier alpha value is -0.550. The normalized spacial score (nSPS) is 12.9. The van der Waals surface area contributed by atoms with Crippen molar-refractivity contribution in [3.63, 3.8) is 0 Å². The Bertz CT molecular complexity index is 137. The fourth-order valence-corrected chi connectivity index (χ4v) is 0.768. The molecule has 0 amide bonds. The molecule has 0 spiro atoms. The van der Waals surface area contributed by atoms with Crippen LogP contribution in [0.5, 0.6) is 0 Å². The van der Waals surface area contributed by atoms with Crippen molar-refractivity contribution in [2.75, 3.05) is 6.61 Å². The molecule has 0 bridgehead atoms. The first-order valence-corrected chi connectivity index (χ1v) is 4.67. The fraction of sp³-hybridized carbons (Fsp3) is 0.900. The van der Waals surface area contributed by atoms with E-state index in [4.69, 9.17) is 10.00 Å². The molecule has 0 saturated carbocycles. The van der Waals surface area contributed by atoms with Crippen LogP contribution in [0.2, 0.25) is 0 Å². The van der Waals surface area contributed by atoms with Crippen molar-refractivity contribution in [3.05, 3.63) is 0 Å². The average Bonchev–Trinajstić information content (AvgIpc) is 2.03. The number of rotatable bonds is 6. The molecule has 0 rings (SSSR count). The number of nitriles is 1. The van der Waals surface area contributed by atoms with Crippen LogP contribution in [0.3, 0.4) is 0 Å². The molecule has 2 heteroatoms. The van der Waals surface area contributed by atoms with E-state index in [1.54, 1.807) is 0 Å². The van der Waals surface area contributed by atoms with E-state index in [-0.39, 0.29) is 0 Å². The summed E-state index contributed by atoms with van der Waals surface area (Å²) in [5.41, 5.74) is 0. The van der Waals surface area contributed by atoms with Crippen molar-refractivity contribution < 1.29 is 4.74 Å². The van der Waals surface area contributed by atoms with Gasteiger partial charge in [0.25, 0.3) is 0 Å². The highest BCUT2D eigenvalue weighted by molar-refractivity contribution is 4.67. The second kappa shape index (κ2) is 7.12. The lowest BCUT2D eigenvalue weighted by Crippen LogP contribution is -2.15. The molecular formula is C10H19NO. The molecule has 12 heavy (non-hydrogen) atoms. The predicted molar refractivity (Wildman–Crippen MR) is 49.7 cm³/mol. The van der Waals surface area contributed by atoms with Gasteiger partial charge >= 0.3 is 0 Å². The summed E-state index contributed by atoms with van der Waals surface area (Å²) >= 11 is 0. The number of nitrogens with zero attached hydrogens (tertiary/aromatic N) is 1. The van der Waals surface area contributed by atoms with E-state index in [2.05, 4.69) is 26.8 Å². The van der Waals surface area contributed by atoms with Gasteiger partial charge in [0.05, 0.1) is 12.2 Å². The zero-order valence-electron chi connectivity index (χ0n) is 8.34. The Labute approximate surface area is 75.5 Å². The van der Waals surface area contributed by atoms with Gasteiger partial charge in [-0.05, 0) is 25.7 Å². The van der Waals surface area contributed by atoms with Gasteiger partial charge in [0, 0.05) is 13.0 Å². The number of hydrogen-bond donors (Lipinski definition) is 0. The minimum Gasteiger partial charge on any atom is -0.378 e. The highest BCUT2D eigenvalue weighted by Crippen LogP contribution is 2.06. The van der Waals surface area contributed by atoms with E-state index in [0.717, 1.165) is 19.4 Å². The first-order valence-electron chi connectivity index (χ1n) is 4.67. The molecule has 0 N–H and O–H groups in total. The van der Waals surface area contributed by atoms with Crippen LogP contribution in [0.25, 0.3) is 0 Å². The Morgan fingerprint density at radius 3 is 2.42 bits per heavy atom. The van der Waals surface area contributed by atoms with Crippen molar-refractivity contribution >= 4 is 0 Å². The summed E-state index contributed by atoms with van der Waals surface area (Å²) in [6.07, 6.45) is 2.96. The summed E-state index contributed by atoms with van der Waals surface area (Å²) in [4.78, 5) is 0. The smallest absolute Gasteiger partial charge is 0.0621 e. The van der Waals surface area contributed by atoms with Gasteiger partial charge in [0.2, 0.25) is 0 Å². The molecule has 2 nitrogen and oxygen atoms in total. The van der Waals surface area contributed by atoms with Crippen LogP contribution in [0.15, 0.2) is 0 Å². The molecular weight excluding hydrogens is 150 g/mol. The van der Waals surface area contributed by atoms with Gasteiger partial charge in [0.1, 0.15) is 0 Å². The van der Waals surface area contributed by atoms with Crippen molar-refractivity contribution in [1.82, 2.24) is 0 Å². The minimum absolute atomic E-state index is 0.340. The van der Waals surface area contributed by atoms with E-state index in [9.17, 15) is 0 Å². The van der Waals surface area contributed by atoms with Crippen LogP contribution >= 0.6 is 0 Å². The van der Waals surface area contributed by atoms with Gasteiger partial charge in [-0.15, -0.1) is 0 Å². The maximum atomic E-state index is 8.27. The SMILES string of the molecule is CC(C)[C@H](C)OCCCCC#N. The third kappa shape index (κ3) is 6.18. The first kappa shape index (κ1) is 11.4. The van der Waals surface area contributed by atoms with Crippen LogP contribution in [0, 0.1) is 17.2 Å². The molecule has 0 aliphatic carbocycles. The highest BCUT2D eigenvalue weighted by atomic mass is 16.5. The number of ether oxygens (including phenoxy) is 1. The van der Waals surface area contributed by atoms with Gasteiger partial charge in [-0.1, -0.05) is 13.8 Å². The predicted octanol–water partition coefficient (Wildman–Crippen LogP) is 2.74. The molecule has 0 unspecified atom stereocenters. The van der Waals surface area contributed by atoms with Crippen molar-refractivity contribution in [1.29, 1.82) is 5.26 Å². The van der Waals surface area contributed by atoms with Crippen LogP contribution in [-0.2, 0) is 4.74 Å². The summed E-state index contributed by atoms with van der Waals surface area (Å²) in [5.74, 6) is 0.584. The van der Waals surface area contributed by atoms with E-state index >= 15 is 0 Å². The van der Waals surface area contributed by atoms with Gasteiger partial charge in [0.15, 0.2) is 0 Å². The number of unbranched alkanes of at least 4 members (excludes halogenated alkanes) is 2. The van der Waals surface area contributed by atoms with Crippen molar-refractivity contribution in [2.45, 2.75) is 46.1 Å². The second-order valence-electron chi connectivity index (χ2n) is 3.44. The zero-order chi connectivity index (χ0) is 9.40. The molecule has 0 heterocycles. The number of hydrogen-bond acceptors (Lipinski definition) is 2. The summed E-state index contributed by atoms with van der Waals surface area (Å²) in [7, 11) is 0. The molecule has 0 aromatic rings. The minimum atomic E-state index is 0.340. The van der Waals surface area contributed by atoms with Crippen LogP contribution in [0.4, 0.5) is 0 Å². The molecule has 1 atom stereocenters. The lowest BCUT2D eigenvalue weighted by molar-refractivity contribution is 0.0335. The molecule has 70 valence electrons. The molecule has 0 aliphatic rings. The molecule has 0 saturated heterocycles. The Morgan fingerprint density at radius 2 is 1.92 bits per heavy atom. The molecule has 0 radical (unpaired) electrons. The van der Waals surface area contributed by atoms with Crippen molar-refractivity contribution in [2.24, 2.45) is 5.92 Å². The Kier molecular flexibility index (Phi) is 6.79. The first-order chi connectivity index (χ1) is 5.68. The summed E-state index contributed by atoms with van der Waals surface area (Å²) in [5, 5.41) is 8.27. The summed E-state index contributed by atoms with van der Waals surface area (Å²) in [6.45, 7) is 7.19. The Balaban J connectivity index is 3.15. The van der Waals surface area contributed by atoms with Crippen molar-refractivity contribution in [3.8, 4) is 6.07 Å². The highest BCUT2D eigenvalue weighted by Gasteiger charge is 2.05. The molecule has 0 aliphatic heterocycles. The zero-order valence-corrected chi connectivity index (χ0v) is 8.34. The molecule has 0 aromatic heterocycles. The van der Waals surface area contributed by atoms with E-state index in [0.29, 0.717) is 18.4 Å². The summed E-state index contributed by atoms with van der Waals surface area (Å²) in [6, 6.07) is 2.12. The topological polar surface area (TPSA) is 33.0 Å². The van der Waals surface area contributed by atoms with Gasteiger partial charge in [-0.25, -0.2) is 0 Å². The summed E-state index contributed by atoms with van der Waals surface area (Å²) < 4.78 is 5.54. The van der Waals surface area contributed by atoms with E-state index in [1.165, 1.54) is 0 Å². The fourth-order valence-electron chi connectivity index (χ4n) is 0.768. The van der Waals surface area contributed by atoms with Crippen LogP contribution in [0.1, 0.15) is 40.0 Å². The molecule has 0 fully saturated rings. The maximum Gasteiger partial charge on any atom is 0.0621 e. The largest absolute Gasteiger partial charge is 0.378 e. The quantitative estimate of drug-likeness (QED) is 0.573. The van der Waals surface area contributed by atoms with E-state index < -0.39 is 0 Å². The van der Waals surface area contributed by atoms with E-state index in [1.807, 2.05) is 0 Å². The third-order valence-electron chi connectivity index (χ3n) is 2.00. The van der Waals surface area contributed by atoms with Crippen LogP contribution < -0.4 is 0 Å². The monoisotopic (exact) mass is 169 g/mol. The second-order valence-corrected chi connectivity index (χ2v) is 3.44. The molecule has 0 aromatic carbocycles. The Morgan fingerprint density at radius 1 is 1.25 bits per heavy atom. The standard InChI is InChI=1S/C10H19NO/c1-9(2)10(3)12-8-6-4-5-7-11/h9-10H,4-6,8H2,1-3H3/t10-/m0/s1. The third-order valence-corrected chi connectivity index (χ3v) is 2.00. The van der Waals surface area contributed by atoms with Crippen LogP contribution in [-0.4, -0.2) is 12.7 Å². The van der Waals surface area contributed by atoms with Gasteiger partial charge < -0.3 is 4.74 Å². The van der Waals surface area contributed by atoms with Gasteiger partial charge in [-0.3, -0.25) is 0 Å². The lowest BCUT2D eigenvalue weighted by atomic mass is 10.1.